The van der Waals surface area contributed by atoms with Gasteiger partial charge in [0.05, 0.1) is 6.61 Å². The average molecular weight is 250 g/mol. The summed E-state index contributed by atoms with van der Waals surface area (Å²) in [7, 11) is 0. The van der Waals surface area contributed by atoms with Crippen molar-refractivity contribution in [3.05, 3.63) is 35.4 Å². The minimum atomic E-state index is -0.768. The summed E-state index contributed by atoms with van der Waals surface area (Å²) in [5.74, 6) is 0.00677. The molecule has 1 aromatic carbocycles. The molecule has 0 amide bonds. The maximum atomic E-state index is 12.2. The molecule has 0 saturated carbocycles. The molecule has 0 atom stereocenters. The molecule has 0 unspecified atom stereocenters. The highest BCUT2D eigenvalue weighted by Gasteiger charge is 2.28. The zero-order valence-electron chi connectivity index (χ0n) is 11.7. The van der Waals surface area contributed by atoms with E-state index in [0.717, 1.165) is 5.56 Å². The molecule has 0 N–H and O–H groups in total. The fourth-order valence-corrected chi connectivity index (χ4v) is 1.75. The Morgan fingerprint density at radius 2 is 1.72 bits per heavy atom. The van der Waals surface area contributed by atoms with Gasteiger partial charge in [-0.15, -0.1) is 0 Å². The molecule has 0 aliphatic carbocycles. The minimum absolute atomic E-state index is 0.00677. The summed E-state index contributed by atoms with van der Waals surface area (Å²) >= 11 is 0. The van der Waals surface area contributed by atoms with Crippen molar-refractivity contribution < 1.29 is 14.3 Å². The van der Waals surface area contributed by atoms with Crippen LogP contribution in [0.4, 0.5) is 0 Å². The van der Waals surface area contributed by atoms with Crippen molar-refractivity contribution in [1.82, 2.24) is 0 Å². The van der Waals surface area contributed by atoms with Gasteiger partial charge in [-0.1, -0.05) is 24.3 Å². The van der Waals surface area contributed by atoms with Crippen LogP contribution in [0.1, 0.15) is 43.6 Å². The normalized spacial score (nSPS) is 11.6. The van der Waals surface area contributed by atoms with Gasteiger partial charge in [-0.05, 0) is 33.3 Å². The number of ether oxygens (including phenoxy) is 2. The molecule has 18 heavy (non-hydrogen) atoms. The molecular weight excluding hydrogens is 228 g/mol. The lowest BCUT2D eigenvalue weighted by atomic mass is 9.96. The minimum Gasteiger partial charge on any atom is -0.377 e. The smallest absolute Gasteiger partial charge is 0.194 e. The number of rotatable bonds is 7. The van der Waals surface area contributed by atoms with Gasteiger partial charge >= 0.3 is 0 Å². The first kappa shape index (κ1) is 14.9. The third-order valence-corrected chi connectivity index (χ3v) is 2.74. The zero-order chi connectivity index (χ0) is 13.6. The maximum absolute atomic E-state index is 12.2. The average Bonchev–Trinajstić information content (AvgIpc) is 2.36. The Labute approximate surface area is 109 Å². The Morgan fingerprint density at radius 3 is 2.22 bits per heavy atom. The van der Waals surface area contributed by atoms with Crippen LogP contribution in [0, 0.1) is 0 Å². The summed E-state index contributed by atoms with van der Waals surface area (Å²) in [5.41, 5.74) is 0.979. The van der Waals surface area contributed by atoms with Crippen LogP contribution >= 0.6 is 0 Å². The molecule has 1 rings (SSSR count). The number of ketones is 1. The Hall–Kier alpha value is -1.19. The van der Waals surface area contributed by atoms with Gasteiger partial charge in [-0.3, -0.25) is 4.79 Å². The molecule has 0 saturated heterocycles. The van der Waals surface area contributed by atoms with Crippen LogP contribution < -0.4 is 0 Å². The Bertz CT molecular complexity index is 379. The van der Waals surface area contributed by atoms with Crippen LogP contribution in [0.25, 0.3) is 0 Å². The summed E-state index contributed by atoms with van der Waals surface area (Å²) in [6.45, 7) is 9.25. The molecule has 0 aliphatic heterocycles. The highest BCUT2D eigenvalue weighted by molar-refractivity contribution is 6.01. The van der Waals surface area contributed by atoms with E-state index in [4.69, 9.17) is 9.47 Å². The number of Topliss-reactive ketones (excluding diaryl/α,β-unsaturated/α-hetero) is 1. The van der Waals surface area contributed by atoms with Crippen LogP contribution in [0.3, 0.4) is 0 Å². The lowest BCUT2D eigenvalue weighted by Crippen LogP contribution is -2.35. The number of hydrogen-bond acceptors (Lipinski definition) is 3. The summed E-state index contributed by atoms with van der Waals surface area (Å²) in [5, 5.41) is 0. The second-order valence-corrected chi connectivity index (χ2v) is 4.61. The van der Waals surface area contributed by atoms with E-state index in [-0.39, 0.29) is 5.78 Å². The van der Waals surface area contributed by atoms with Gasteiger partial charge in [0.25, 0.3) is 0 Å². The van der Waals surface area contributed by atoms with E-state index < -0.39 is 5.60 Å². The summed E-state index contributed by atoms with van der Waals surface area (Å²) in [4.78, 5) is 12.2. The van der Waals surface area contributed by atoms with E-state index in [9.17, 15) is 4.79 Å². The zero-order valence-corrected chi connectivity index (χ0v) is 11.7. The summed E-state index contributed by atoms with van der Waals surface area (Å²) < 4.78 is 10.8. The first-order chi connectivity index (χ1) is 8.51. The van der Waals surface area contributed by atoms with E-state index in [1.54, 1.807) is 13.8 Å². The highest BCUT2D eigenvalue weighted by Crippen LogP contribution is 2.18. The van der Waals surface area contributed by atoms with Gasteiger partial charge < -0.3 is 9.47 Å². The standard InChI is InChI=1S/C15H22O3/c1-5-17-11-12-7-9-13(10-8-12)14(16)15(3,4)18-6-2/h7-10H,5-6,11H2,1-4H3. The topological polar surface area (TPSA) is 35.5 Å². The van der Waals surface area contributed by atoms with E-state index in [0.29, 0.717) is 25.4 Å². The lowest BCUT2D eigenvalue weighted by Gasteiger charge is -2.23. The van der Waals surface area contributed by atoms with Gasteiger partial charge in [-0.2, -0.15) is 0 Å². The van der Waals surface area contributed by atoms with Crippen molar-refractivity contribution in [3.8, 4) is 0 Å². The largest absolute Gasteiger partial charge is 0.377 e. The van der Waals surface area contributed by atoms with Gasteiger partial charge in [-0.25, -0.2) is 0 Å². The number of benzene rings is 1. The second-order valence-electron chi connectivity index (χ2n) is 4.61. The molecular formula is C15H22O3. The lowest BCUT2D eigenvalue weighted by molar-refractivity contribution is 0.00126. The van der Waals surface area contributed by atoms with Gasteiger partial charge in [0.2, 0.25) is 0 Å². The van der Waals surface area contributed by atoms with Crippen molar-refractivity contribution in [2.24, 2.45) is 0 Å². The number of hydrogen-bond donors (Lipinski definition) is 0. The molecule has 0 heterocycles. The quantitative estimate of drug-likeness (QED) is 0.697. The summed E-state index contributed by atoms with van der Waals surface area (Å²) in [6.07, 6.45) is 0. The van der Waals surface area contributed by atoms with Crippen molar-refractivity contribution in [2.45, 2.75) is 39.9 Å². The number of carbonyl (C=O) groups is 1. The molecule has 0 spiro atoms. The van der Waals surface area contributed by atoms with Crippen molar-refractivity contribution in [2.75, 3.05) is 13.2 Å². The third kappa shape index (κ3) is 3.93. The van der Waals surface area contributed by atoms with Crippen LogP contribution in [0.15, 0.2) is 24.3 Å². The monoisotopic (exact) mass is 250 g/mol. The van der Waals surface area contributed by atoms with Gasteiger partial charge in [0.1, 0.15) is 5.60 Å². The first-order valence-corrected chi connectivity index (χ1v) is 6.36. The van der Waals surface area contributed by atoms with Gasteiger partial charge in [0.15, 0.2) is 5.78 Å². The predicted molar refractivity (Wildman–Crippen MR) is 71.8 cm³/mol. The van der Waals surface area contributed by atoms with Gasteiger partial charge in [0, 0.05) is 18.8 Å². The van der Waals surface area contributed by atoms with Crippen molar-refractivity contribution in [3.63, 3.8) is 0 Å². The van der Waals surface area contributed by atoms with E-state index >= 15 is 0 Å². The molecule has 0 radical (unpaired) electrons. The van der Waals surface area contributed by atoms with Crippen LogP contribution in [-0.4, -0.2) is 24.6 Å². The molecule has 3 nitrogen and oxygen atoms in total. The van der Waals surface area contributed by atoms with Crippen LogP contribution in [0.5, 0.6) is 0 Å². The fraction of sp³-hybridized carbons (Fsp3) is 0.533. The molecule has 3 heteroatoms. The Balaban J connectivity index is 2.75. The molecule has 0 aromatic heterocycles. The van der Waals surface area contributed by atoms with Crippen LogP contribution in [-0.2, 0) is 16.1 Å². The number of carbonyl (C=O) groups excluding carboxylic acids is 1. The van der Waals surface area contributed by atoms with Crippen LogP contribution in [0.2, 0.25) is 0 Å². The Morgan fingerprint density at radius 1 is 1.11 bits per heavy atom. The van der Waals surface area contributed by atoms with E-state index in [1.807, 2.05) is 38.1 Å². The second kappa shape index (κ2) is 6.66. The highest BCUT2D eigenvalue weighted by atomic mass is 16.5. The van der Waals surface area contributed by atoms with E-state index in [2.05, 4.69) is 0 Å². The Kier molecular flexibility index (Phi) is 5.51. The molecule has 0 fully saturated rings. The third-order valence-electron chi connectivity index (χ3n) is 2.74. The van der Waals surface area contributed by atoms with E-state index in [1.165, 1.54) is 0 Å². The summed E-state index contributed by atoms with van der Waals surface area (Å²) in [6, 6.07) is 7.50. The molecule has 100 valence electrons. The molecule has 0 aliphatic rings. The van der Waals surface area contributed by atoms with Crippen molar-refractivity contribution in [1.29, 1.82) is 0 Å². The fourth-order valence-electron chi connectivity index (χ4n) is 1.75. The molecule has 0 bridgehead atoms. The predicted octanol–water partition coefficient (Wildman–Crippen LogP) is 3.22. The molecule has 1 aromatic rings. The van der Waals surface area contributed by atoms with Crippen molar-refractivity contribution >= 4 is 5.78 Å². The first-order valence-electron chi connectivity index (χ1n) is 6.36. The SMILES string of the molecule is CCOCc1ccc(C(=O)C(C)(C)OCC)cc1. The maximum Gasteiger partial charge on any atom is 0.194 e.